The Labute approximate surface area is 185 Å². The van der Waals surface area contributed by atoms with Crippen LogP contribution in [0.25, 0.3) is 0 Å². The normalized spacial score (nSPS) is 17.0. The van der Waals surface area contributed by atoms with Gasteiger partial charge >= 0.3 is 0 Å². The quantitative estimate of drug-likeness (QED) is 0.628. The van der Waals surface area contributed by atoms with Gasteiger partial charge in [0.1, 0.15) is 0 Å². The highest BCUT2D eigenvalue weighted by Gasteiger charge is 2.35. The highest BCUT2D eigenvalue weighted by atomic mass is 79.9. The molecule has 2 unspecified atom stereocenters. The summed E-state index contributed by atoms with van der Waals surface area (Å²) in [6.07, 6.45) is 1.93. The lowest BCUT2D eigenvalue weighted by Gasteiger charge is -2.19. The summed E-state index contributed by atoms with van der Waals surface area (Å²) < 4.78 is 11.6. The highest BCUT2D eigenvalue weighted by molar-refractivity contribution is 9.10. The minimum absolute atomic E-state index is 0.0337. The van der Waals surface area contributed by atoms with Crippen LogP contribution in [0.15, 0.2) is 46.9 Å². The van der Waals surface area contributed by atoms with E-state index in [0.717, 1.165) is 17.3 Å². The molecule has 0 bridgehead atoms. The molecule has 2 amide bonds. The number of aryl methyl sites for hydroxylation is 1. The van der Waals surface area contributed by atoms with Gasteiger partial charge in [-0.25, -0.2) is 0 Å². The van der Waals surface area contributed by atoms with Gasteiger partial charge in [0, 0.05) is 35.2 Å². The minimum Gasteiger partial charge on any atom is -0.493 e. The molecule has 1 heterocycles. The van der Waals surface area contributed by atoms with Crippen molar-refractivity contribution in [2.45, 2.75) is 32.2 Å². The number of hydrogen-bond donors (Lipinski definition) is 1. The highest BCUT2D eigenvalue weighted by Crippen LogP contribution is 2.34. The van der Waals surface area contributed by atoms with Gasteiger partial charge in [-0.3, -0.25) is 9.59 Å². The maximum absolute atomic E-state index is 12.7. The molecule has 0 saturated carbocycles. The summed E-state index contributed by atoms with van der Waals surface area (Å²) in [7, 11) is 3.12. The lowest BCUT2D eigenvalue weighted by atomic mass is 10.0. The van der Waals surface area contributed by atoms with E-state index < -0.39 is 0 Å². The van der Waals surface area contributed by atoms with Crippen LogP contribution in [0, 0.1) is 5.92 Å². The number of nitrogens with one attached hydrogen (secondary N) is 1. The van der Waals surface area contributed by atoms with E-state index in [4.69, 9.17) is 9.47 Å². The van der Waals surface area contributed by atoms with Gasteiger partial charge in [-0.2, -0.15) is 0 Å². The monoisotopic (exact) mass is 474 g/mol. The topological polar surface area (TPSA) is 67.9 Å². The van der Waals surface area contributed by atoms with Crippen LogP contribution in [-0.2, 0) is 16.0 Å². The number of amides is 2. The first-order valence-corrected chi connectivity index (χ1v) is 10.8. The number of rotatable bonds is 8. The van der Waals surface area contributed by atoms with Crippen LogP contribution < -0.4 is 19.7 Å². The van der Waals surface area contributed by atoms with Crippen LogP contribution in [-0.4, -0.2) is 38.6 Å². The molecule has 0 spiro atoms. The minimum atomic E-state index is -0.360. The first-order chi connectivity index (χ1) is 14.4. The van der Waals surface area contributed by atoms with Crippen molar-refractivity contribution < 1.29 is 19.1 Å². The summed E-state index contributed by atoms with van der Waals surface area (Å²) in [6.45, 7) is 2.36. The van der Waals surface area contributed by atoms with Gasteiger partial charge in [-0.15, -0.1) is 0 Å². The second kappa shape index (κ2) is 9.98. The summed E-state index contributed by atoms with van der Waals surface area (Å²) >= 11 is 3.44. The maximum atomic E-state index is 12.7. The molecular formula is C23H27BrN2O4. The number of carbonyl (C=O) groups excluding carboxylic acids is 2. The molecule has 2 atom stereocenters. The SMILES string of the molecule is COc1ccc(N2CC(C(=O)NC(C)CCc3ccc(Br)cc3)CC2=O)cc1OC. The molecule has 2 aromatic carbocycles. The third kappa shape index (κ3) is 5.33. The van der Waals surface area contributed by atoms with E-state index in [-0.39, 0.29) is 30.2 Å². The van der Waals surface area contributed by atoms with Crippen LogP contribution in [0.2, 0.25) is 0 Å². The van der Waals surface area contributed by atoms with Gasteiger partial charge in [0.2, 0.25) is 11.8 Å². The molecule has 1 fully saturated rings. The zero-order chi connectivity index (χ0) is 21.7. The number of benzene rings is 2. The lowest BCUT2D eigenvalue weighted by molar-refractivity contribution is -0.126. The molecule has 3 rings (SSSR count). The van der Waals surface area contributed by atoms with E-state index >= 15 is 0 Å². The van der Waals surface area contributed by atoms with E-state index in [2.05, 4.69) is 33.4 Å². The third-order valence-electron chi connectivity index (χ3n) is 5.34. The van der Waals surface area contributed by atoms with Crippen molar-refractivity contribution in [2.24, 2.45) is 5.92 Å². The summed E-state index contributed by atoms with van der Waals surface area (Å²) in [5.41, 5.74) is 1.94. The molecule has 160 valence electrons. The van der Waals surface area contributed by atoms with Crippen LogP contribution in [0.5, 0.6) is 11.5 Å². The Kier molecular flexibility index (Phi) is 7.37. The Morgan fingerprint density at radius 3 is 2.53 bits per heavy atom. The van der Waals surface area contributed by atoms with Gasteiger partial charge in [0.25, 0.3) is 0 Å². The zero-order valence-corrected chi connectivity index (χ0v) is 19.1. The number of halogens is 1. The molecule has 1 aliphatic rings. The first-order valence-electron chi connectivity index (χ1n) is 9.98. The van der Waals surface area contributed by atoms with Crippen molar-refractivity contribution in [3.63, 3.8) is 0 Å². The molecule has 1 saturated heterocycles. The van der Waals surface area contributed by atoms with Crippen molar-refractivity contribution in [3.05, 3.63) is 52.5 Å². The maximum Gasteiger partial charge on any atom is 0.227 e. The van der Waals surface area contributed by atoms with Crippen molar-refractivity contribution in [2.75, 3.05) is 25.7 Å². The smallest absolute Gasteiger partial charge is 0.227 e. The third-order valence-corrected chi connectivity index (χ3v) is 5.87. The Hall–Kier alpha value is -2.54. The number of ether oxygens (including phenoxy) is 2. The Balaban J connectivity index is 1.56. The number of methoxy groups -OCH3 is 2. The molecule has 2 aromatic rings. The summed E-state index contributed by atoms with van der Waals surface area (Å²) in [5, 5.41) is 3.07. The molecule has 0 aromatic heterocycles. The van der Waals surface area contributed by atoms with Gasteiger partial charge in [0.15, 0.2) is 11.5 Å². The van der Waals surface area contributed by atoms with Crippen molar-refractivity contribution in [1.82, 2.24) is 5.32 Å². The van der Waals surface area contributed by atoms with Crippen molar-refractivity contribution in [1.29, 1.82) is 0 Å². The van der Waals surface area contributed by atoms with Crippen molar-refractivity contribution >= 4 is 33.4 Å². The number of carbonyl (C=O) groups is 2. The fourth-order valence-corrected chi connectivity index (χ4v) is 3.86. The van der Waals surface area contributed by atoms with E-state index in [9.17, 15) is 9.59 Å². The van der Waals surface area contributed by atoms with Gasteiger partial charge in [0.05, 0.1) is 20.1 Å². The second-order valence-electron chi connectivity index (χ2n) is 7.52. The summed E-state index contributed by atoms with van der Waals surface area (Å²) in [4.78, 5) is 26.9. The molecule has 1 aliphatic heterocycles. The molecule has 7 heteroatoms. The lowest BCUT2D eigenvalue weighted by Crippen LogP contribution is -2.38. The second-order valence-corrected chi connectivity index (χ2v) is 8.44. The Bertz CT molecular complexity index is 901. The Morgan fingerprint density at radius 2 is 1.87 bits per heavy atom. The van der Waals surface area contributed by atoms with E-state index in [1.807, 2.05) is 19.1 Å². The molecule has 30 heavy (non-hydrogen) atoms. The van der Waals surface area contributed by atoms with E-state index in [1.165, 1.54) is 5.56 Å². The van der Waals surface area contributed by atoms with Crippen LogP contribution in [0.4, 0.5) is 5.69 Å². The molecule has 0 radical (unpaired) electrons. The zero-order valence-electron chi connectivity index (χ0n) is 17.5. The van der Waals surface area contributed by atoms with Crippen LogP contribution in [0.3, 0.4) is 0 Å². The Morgan fingerprint density at radius 1 is 1.17 bits per heavy atom. The number of hydrogen-bond acceptors (Lipinski definition) is 4. The van der Waals surface area contributed by atoms with Gasteiger partial charge in [-0.1, -0.05) is 28.1 Å². The van der Waals surface area contributed by atoms with Gasteiger partial charge in [-0.05, 0) is 49.6 Å². The molecular weight excluding hydrogens is 448 g/mol. The fraction of sp³-hybridized carbons (Fsp3) is 0.391. The average molecular weight is 475 g/mol. The van der Waals surface area contributed by atoms with E-state index in [0.29, 0.717) is 23.7 Å². The van der Waals surface area contributed by atoms with Gasteiger partial charge < -0.3 is 19.7 Å². The summed E-state index contributed by atoms with van der Waals surface area (Å²) in [6, 6.07) is 13.6. The molecule has 0 aliphatic carbocycles. The largest absolute Gasteiger partial charge is 0.493 e. The van der Waals surface area contributed by atoms with E-state index in [1.54, 1.807) is 37.3 Å². The predicted octanol–water partition coefficient (Wildman–Crippen LogP) is 3.96. The molecule has 6 nitrogen and oxygen atoms in total. The van der Waals surface area contributed by atoms with Crippen molar-refractivity contribution in [3.8, 4) is 11.5 Å². The summed E-state index contributed by atoms with van der Waals surface area (Å²) in [5.74, 6) is 0.652. The first kappa shape index (κ1) is 22.2. The number of nitrogens with zero attached hydrogens (tertiary/aromatic N) is 1. The van der Waals surface area contributed by atoms with Crippen LogP contribution >= 0.6 is 15.9 Å². The fourth-order valence-electron chi connectivity index (χ4n) is 3.59. The number of anilines is 1. The predicted molar refractivity (Wildman–Crippen MR) is 120 cm³/mol. The average Bonchev–Trinajstić information content (AvgIpc) is 3.14. The van der Waals surface area contributed by atoms with Crippen LogP contribution in [0.1, 0.15) is 25.3 Å². The standard InChI is InChI=1S/C23H27BrN2O4/c1-15(4-5-16-6-8-18(24)9-7-16)25-23(28)17-12-22(27)26(14-17)19-10-11-20(29-2)21(13-19)30-3/h6-11,13,15,17H,4-5,12,14H2,1-3H3,(H,25,28). The molecule has 1 N–H and O–H groups in total.